The first kappa shape index (κ1) is 16.2. The van der Waals surface area contributed by atoms with E-state index in [1.165, 1.54) is 24.3 Å². The van der Waals surface area contributed by atoms with Crippen molar-refractivity contribution in [2.45, 2.75) is 25.1 Å². The van der Waals surface area contributed by atoms with Gasteiger partial charge in [-0.2, -0.15) is 11.8 Å². The van der Waals surface area contributed by atoms with Crippen LogP contribution in [-0.2, 0) is 6.54 Å². The Morgan fingerprint density at radius 3 is 3.05 bits per heavy atom. The Balaban J connectivity index is 2.09. The molecule has 0 bridgehead atoms. The largest absolute Gasteiger partial charge is 0.495 e. The molecule has 0 saturated carbocycles. The summed E-state index contributed by atoms with van der Waals surface area (Å²) in [6, 6.07) is 6.27. The summed E-state index contributed by atoms with van der Waals surface area (Å²) in [7, 11) is 1.68. The standard InChI is InChI=1S/C17H24N2OS/c1-3-16-13-19(9-10-21-16)12-14-6-7-17(20-2)15(11-14)5-4-8-18/h6-7,11,16H,3,8-10,12-13,18H2,1-2H3. The summed E-state index contributed by atoms with van der Waals surface area (Å²) < 4.78 is 5.36. The molecular weight excluding hydrogens is 280 g/mol. The predicted molar refractivity (Wildman–Crippen MR) is 90.7 cm³/mol. The Morgan fingerprint density at radius 1 is 1.48 bits per heavy atom. The molecule has 3 nitrogen and oxygen atoms in total. The highest BCUT2D eigenvalue weighted by Crippen LogP contribution is 2.24. The van der Waals surface area contributed by atoms with Gasteiger partial charge >= 0.3 is 0 Å². The van der Waals surface area contributed by atoms with Gasteiger partial charge in [0.25, 0.3) is 0 Å². The lowest BCUT2D eigenvalue weighted by Crippen LogP contribution is -2.37. The summed E-state index contributed by atoms with van der Waals surface area (Å²) in [6.45, 7) is 5.97. The van der Waals surface area contributed by atoms with E-state index >= 15 is 0 Å². The third kappa shape index (κ3) is 4.67. The van der Waals surface area contributed by atoms with Crippen molar-refractivity contribution in [1.29, 1.82) is 0 Å². The molecule has 21 heavy (non-hydrogen) atoms. The molecule has 2 N–H and O–H groups in total. The summed E-state index contributed by atoms with van der Waals surface area (Å²) in [5.41, 5.74) is 7.68. The second-order valence-electron chi connectivity index (χ2n) is 5.18. The highest BCUT2D eigenvalue weighted by atomic mass is 32.2. The van der Waals surface area contributed by atoms with Crippen LogP contribution in [0.5, 0.6) is 5.75 Å². The monoisotopic (exact) mass is 304 g/mol. The number of nitrogens with two attached hydrogens (primary N) is 1. The van der Waals surface area contributed by atoms with E-state index in [9.17, 15) is 0 Å². The number of thioether (sulfide) groups is 1. The van der Waals surface area contributed by atoms with Gasteiger partial charge in [0, 0.05) is 30.6 Å². The molecule has 0 spiro atoms. The molecule has 1 aliphatic heterocycles. The van der Waals surface area contributed by atoms with Crippen molar-refractivity contribution in [2.75, 3.05) is 32.5 Å². The Morgan fingerprint density at radius 2 is 2.33 bits per heavy atom. The van der Waals surface area contributed by atoms with Crippen LogP contribution in [-0.4, -0.2) is 42.6 Å². The van der Waals surface area contributed by atoms with Crippen LogP contribution >= 0.6 is 11.8 Å². The topological polar surface area (TPSA) is 38.5 Å². The van der Waals surface area contributed by atoms with E-state index in [4.69, 9.17) is 10.5 Å². The van der Waals surface area contributed by atoms with E-state index in [1.54, 1.807) is 7.11 Å². The molecule has 4 heteroatoms. The third-order valence-electron chi connectivity index (χ3n) is 3.67. The van der Waals surface area contributed by atoms with Crippen LogP contribution in [0.4, 0.5) is 0 Å². The molecule has 0 aromatic heterocycles. The highest BCUT2D eigenvalue weighted by molar-refractivity contribution is 8.00. The lowest BCUT2D eigenvalue weighted by Gasteiger charge is -2.31. The van der Waals surface area contributed by atoms with Crippen molar-refractivity contribution < 1.29 is 4.74 Å². The van der Waals surface area contributed by atoms with Gasteiger partial charge in [-0.25, -0.2) is 0 Å². The van der Waals surface area contributed by atoms with Crippen LogP contribution in [0.15, 0.2) is 18.2 Å². The quantitative estimate of drug-likeness (QED) is 0.867. The van der Waals surface area contributed by atoms with Gasteiger partial charge in [0.05, 0.1) is 19.2 Å². The second-order valence-corrected chi connectivity index (χ2v) is 6.58. The number of benzene rings is 1. The average Bonchev–Trinajstić information content (AvgIpc) is 2.53. The molecule has 1 aromatic rings. The van der Waals surface area contributed by atoms with E-state index in [0.29, 0.717) is 6.54 Å². The molecule has 114 valence electrons. The van der Waals surface area contributed by atoms with Crippen LogP contribution in [0.25, 0.3) is 0 Å². The van der Waals surface area contributed by atoms with Crippen molar-refractivity contribution >= 4 is 11.8 Å². The molecule has 1 saturated heterocycles. The minimum atomic E-state index is 0.370. The molecule has 0 radical (unpaired) electrons. The zero-order chi connectivity index (χ0) is 15.1. The zero-order valence-electron chi connectivity index (χ0n) is 12.9. The molecule has 1 fully saturated rings. The van der Waals surface area contributed by atoms with Gasteiger partial charge in [0.2, 0.25) is 0 Å². The number of methoxy groups -OCH3 is 1. The Bertz CT molecular complexity index is 521. The van der Waals surface area contributed by atoms with E-state index in [0.717, 1.165) is 29.7 Å². The summed E-state index contributed by atoms with van der Waals surface area (Å²) >= 11 is 2.10. The van der Waals surface area contributed by atoms with Gasteiger partial charge in [-0.1, -0.05) is 24.8 Å². The summed E-state index contributed by atoms with van der Waals surface area (Å²) in [6.07, 6.45) is 1.25. The minimum absolute atomic E-state index is 0.370. The van der Waals surface area contributed by atoms with E-state index in [1.807, 2.05) is 6.07 Å². The zero-order valence-corrected chi connectivity index (χ0v) is 13.7. The average molecular weight is 304 g/mol. The lowest BCUT2D eigenvalue weighted by molar-refractivity contribution is 0.273. The van der Waals surface area contributed by atoms with Crippen LogP contribution in [0.1, 0.15) is 24.5 Å². The smallest absolute Gasteiger partial charge is 0.134 e. The maximum Gasteiger partial charge on any atom is 0.134 e. The van der Waals surface area contributed by atoms with Gasteiger partial charge in [-0.15, -0.1) is 0 Å². The molecule has 1 aromatic carbocycles. The van der Waals surface area contributed by atoms with Crippen molar-refractivity contribution in [3.8, 4) is 17.6 Å². The van der Waals surface area contributed by atoms with Crippen LogP contribution in [0.2, 0.25) is 0 Å². The van der Waals surface area contributed by atoms with Crippen molar-refractivity contribution in [3.63, 3.8) is 0 Å². The van der Waals surface area contributed by atoms with Crippen molar-refractivity contribution in [1.82, 2.24) is 4.90 Å². The molecule has 0 aliphatic carbocycles. The number of hydrogen-bond acceptors (Lipinski definition) is 4. The molecule has 0 amide bonds. The highest BCUT2D eigenvalue weighted by Gasteiger charge is 2.19. The first-order valence-electron chi connectivity index (χ1n) is 7.46. The molecule has 1 atom stereocenters. The molecular formula is C17H24N2OS. The third-order valence-corrected chi connectivity index (χ3v) is 5.05. The van der Waals surface area contributed by atoms with Crippen LogP contribution < -0.4 is 10.5 Å². The Hall–Kier alpha value is -1.15. The van der Waals surface area contributed by atoms with Crippen LogP contribution in [0, 0.1) is 11.8 Å². The number of hydrogen-bond donors (Lipinski definition) is 1. The van der Waals surface area contributed by atoms with Gasteiger partial charge < -0.3 is 10.5 Å². The first-order chi connectivity index (χ1) is 10.3. The fourth-order valence-corrected chi connectivity index (χ4v) is 3.78. The number of ether oxygens (including phenoxy) is 1. The number of nitrogens with zero attached hydrogens (tertiary/aromatic N) is 1. The van der Waals surface area contributed by atoms with Crippen molar-refractivity contribution in [3.05, 3.63) is 29.3 Å². The molecule has 1 unspecified atom stereocenters. The maximum absolute atomic E-state index is 5.46. The van der Waals surface area contributed by atoms with Gasteiger partial charge in [-0.05, 0) is 24.1 Å². The Labute approximate surface area is 132 Å². The molecule has 2 rings (SSSR count). The minimum Gasteiger partial charge on any atom is -0.495 e. The van der Waals surface area contributed by atoms with E-state index in [2.05, 4.69) is 47.6 Å². The summed E-state index contributed by atoms with van der Waals surface area (Å²) in [5, 5.41) is 0.772. The van der Waals surface area contributed by atoms with Gasteiger partial charge in [0.1, 0.15) is 5.75 Å². The fraction of sp³-hybridized carbons (Fsp3) is 0.529. The molecule has 1 heterocycles. The van der Waals surface area contributed by atoms with E-state index < -0.39 is 0 Å². The normalized spacial score (nSPS) is 18.9. The summed E-state index contributed by atoms with van der Waals surface area (Å²) in [4.78, 5) is 2.53. The number of rotatable bonds is 4. The van der Waals surface area contributed by atoms with Gasteiger partial charge in [-0.3, -0.25) is 4.90 Å². The SMILES string of the molecule is CCC1CN(Cc2ccc(OC)c(C#CCN)c2)CCS1. The summed E-state index contributed by atoms with van der Waals surface area (Å²) in [5.74, 6) is 8.06. The predicted octanol–water partition coefficient (Wildman–Crippen LogP) is 2.33. The van der Waals surface area contributed by atoms with Crippen molar-refractivity contribution in [2.24, 2.45) is 5.73 Å². The van der Waals surface area contributed by atoms with Crippen LogP contribution in [0.3, 0.4) is 0 Å². The molecule has 1 aliphatic rings. The maximum atomic E-state index is 5.46. The Kier molecular flexibility index (Phi) is 6.44. The lowest BCUT2D eigenvalue weighted by atomic mass is 10.1. The second kappa shape index (κ2) is 8.33. The van der Waals surface area contributed by atoms with Gasteiger partial charge in [0.15, 0.2) is 0 Å². The fourth-order valence-electron chi connectivity index (χ4n) is 2.53. The van der Waals surface area contributed by atoms with E-state index in [-0.39, 0.29) is 0 Å². The first-order valence-corrected chi connectivity index (χ1v) is 8.51.